The lowest BCUT2D eigenvalue weighted by atomic mass is 10.1. The largest absolute Gasteiger partial charge is 0.497 e. The summed E-state index contributed by atoms with van der Waals surface area (Å²) in [6, 6.07) is 22.8. The Balaban J connectivity index is 1.45. The number of nitrogens with one attached hydrogen (secondary N) is 1. The van der Waals surface area contributed by atoms with Crippen LogP contribution in [0.4, 0.5) is 0 Å². The number of hydrogen-bond donors (Lipinski definition) is 1. The van der Waals surface area contributed by atoms with Crippen LogP contribution in [0.15, 0.2) is 66.7 Å². The molecular weight excluding hydrogens is 322 g/mol. The topological polar surface area (TPSA) is 34.2 Å². The summed E-state index contributed by atoms with van der Waals surface area (Å²) >= 11 is 0. The number of hydrogen-bond acceptors (Lipinski definition) is 2. The lowest BCUT2D eigenvalue weighted by Crippen LogP contribution is -1.95. The highest BCUT2D eigenvalue weighted by Crippen LogP contribution is 2.42. The van der Waals surface area contributed by atoms with Crippen molar-refractivity contribution in [1.29, 1.82) is 0 Å². The van der Waals surface area contributed by atoms with Gasteiger partial charge in [-0.15, -0.1) is 0 Å². The quantitative estimate of drug-likeness (QED) is 0.479. The summed E-state index contributed by atoms with van der Waals surface area (Å²) in [6.45, 7) is 0.588. The van der Waals surface area contributed by atoms with Crippen molar-refractivity contribution in [3.05, 3.63) is 83.4 Å². The zero-order valence-electron chi connectivity index (χ0n) is 14.6. The lowest BCUT2D eigenvalue weighted by Gasteiger charge is -2.08. The molecule has 1 heterocycles. The van der Waals surface area contributed by atoms with Crippen molar-refractivity contribution in [2.24, 2.45) is 0 Å². The van der Waals surface area contributed by atoms with Crippen molar-refractivity contribution in [1.82, 2.24) is 4.98 Å². The first-order valence-electron chi connectivity index (χ1n) is 8.80. The Hall–Kier alpha value is -3.20. The first-order valence-corrected chi connectivity index (χ1v) is 8.80. The van der Waals surface area contributed by atoms with Crippen LogP contribution in [0.2, 0.25) is 0 Å². The van der Waals surface area contributed by atoms with Gasteiger partial charge in [0.1, 0.15) is 18.1 Å². The van der Waals surface area contributed by atoms with Crippen LogP contribution < -0.4 is 9.47 Å². The molecule has 0 amide bonds. The molecule has 3 aromatic carbocycles. The monoisotopic (exact) mass is 341 g/mol. The smallest absolute Gasteiger partial charge is 0.120 e. The molecule has 3 heteroatoms. The van der Waals surface area contributed by atoms with E-state index in [4.69, 9.17) is 9.47 Å². The van der Waals surface area contributed by atoms with Gasteiger partial charge in [-0.25, -0.2) is 0 Å². The minimum atomic E-state index is 0.588. The first kappa shape index (κ1) is 15.1. The highest BCUT2D eigenvalue weighted by Gasteiger charge is 2.23. The summed E-state index contributed by atoms with van der Waals surface area (Å²) in [5.74, 6) is 1.81. The fourth-order valence-corrected chi connectivity index (χ4v) is 3.75. The second-order valence-corrected chi connectivity index (χ2v) is 6.66. The van der Waals surface area contributed by atoms with Gasteiger partial charge in [0.15, 0.2) is 0 Å². The van der Waals surface area contributed by atoms with E-state index in [2.05, 4.69) is 47.4 Å². The van der Waals surface area contributed by atoms with E-state index in [9.17, 15) is 0 Å². The van der Waals surface area contributed by atoms with E-state index in [1.807, 2.05) is 24.3 Å². The molecule has 3 nitrogen and oxygen atoms in total. The molecule has 0 aliphatic heterocycles. The summed E-state index contributed by atoms with van der Waals surface area (Å²) in [6.07, 6.45) is 0.917. The Bertz CT molecular complexity index is 1100. The highest BCUT2D eigenvalue weighted by atomic mass is 16.5. The third-order valence-electron chi connectivity index (χ3n) is 5.07. The normalized spacial score (nSPS) is 12.0. The molecule has 128 valence electrons. The van der Waals surface area contributed by atoms with Crippen molar-refractivity contribution in [2.75, 3.05) is 7.11 Å². The number of benzene rings is 3. The van der Waals surface area contributed by atoms with E-state index in [-0.39, 0.29) is 0 Å². The summed E-state index contributed by atoms with van der Waals surface area (Å²) < 4.78 is 11.4. The maximum atomic E-state index is 5.99. The van der Waals surface area contributed by atoms with Gasteiger partial charge in [0.25, 0.3) is 0 Å². The zero-order valence-corrected chi connectivity index (χ0v) is 14.6. The van der Waals surface area contributed by atoms with E-state index >= 15 is 0 Å². The first-order chi connectivity index (χ1) is 12.8. The molecular formula is C23H19NO2. The third kappa shape index (κ3) is 2.44. The van der Waals surface area contributed by atoms with Gasteiger partial charge in [0.05, 0.1) is 12.8 Å². The predicted molar refractivity (Wildman–Crippen MR) is 104 cm³/mol. The van der Waals surface area contributed by atoms with E-state index in [1.165, 1.54) is 33.3 Å². The van der Waals surface area contributed by atoms with Crippen LogP contribution in [0, 0.1) is 0 Å². The molecule has 1 aliphatic rings. The van der Waals surface area contributed by atoms with Crippen LogP contribution in [-0.2, 0) is 13.0 Å². The number of rotatable bonds is 4. The molecule has 5 rings (SSSR count). The molecule has 0 spiro atoms. The van der Waals surface area contributed by atoms with Crippen LogP contribution in [0.5, 0.6) is 11.5 Å². The fourth-order valence-electron chi connectivity index (χ4n) is 3.75. The summed E-state index contributed by atoms with van der Waals surface area (Å²) in [5, 5.41) is 1.24. The van der Waals surface area contributed by atoms with Gasteiger partial charge >= 0.3 is 0 Å². The standard InChI is InChI=1S/C23H19NO2/c1-25-17-8-10-22-20(13-17)21-12-16-11-18(7-9-19(16)23(21)24-22)26-14-15-5-3-2-4-6-15/h2-11,13,24H,12,14H2,1H3. The average Bonchev–Trinajstić information content (AvgIpc) is 3.22. The van der Waals surface area contributed by atoms with Crippen LogP contribution in [0.3, 0.4) is 0 Å². The highest BCUT2D eigenvalue weighted by molar-refractivity contribution is 5.95. The van der Waals surface area contributed by atoms with Crippen molar-refractivity contribution >= 4 is 10.9 Å². The second-order valence-electron chi connectivity index (χ2n) is 6.66. The van der Waals surface area contributed by atoms with Gasteiger partial charge in [0.2, 0.25) is 0 Å². The summed E-state index contributed by atoms with van der Waals surface area (Å²) in [5.41, 5.74) is 7.47. The molecule has 1 N–H and O–H groups in total. The molecule has 1 aromatic heterocycles. The van der Waals surface area contributed by atoms with Crippen molar-refractivity contribution in [3.8, 4) is 22.8 Å². The zero-order chi connectivity index (χ0) is 17.5. The van der Waals surface area contributed by atoms with E-state index in [0.29, 0.717) is 6.61 Å². The van der Waals surface area contributed by atoms with Gasteiger partial charge in [0, 0.05) is 22.9 Å². The Labute approximate surface area is 152 Å². The van der Waals surface area contributed by atoms with Crippen LogP contribution in [0.1, 0.15) is 16.7 Å². The van der Waals surface area contributed by atoms with Crippen molar-refractivity contribution in [3.63, 3.8) is 0 Å². The number of H-pyrrole nitrogens is 1. The molecule has 1 aliphatic carbocycles. The lowest BCUT2D eigenvalue weighted by molar-refractivity contribution is 0.306. The van der Waals surface area contributed by atoms with E-state index < -0.39 is 0 Å². The van der Waals surface area contributed by atoms with Gasteiger partial charge < -0.3 is 14.5 Å². The molecule has 0 radical (unpaired) electrons. The minimum absolute atomic E-state index is 0.588. The predicted octanol–water partition coefficient (Wildman–Crippen LogP) is 5.33. The number of ether oxygens (including phenoxy) is 2. The summed E-state index contributed by atoms with van der Waals surface area (Å²) in [7, 11) is 1.71. The van der Waals surface area contributed by atoms with Crippen molar-refractivity contribution < 1.29 is 9.47 Å². The molecule has 4 aromatic rings. The second kappa shape index (κ2) is 5.95. The molecule has 0 unspecified atom stereocenters. The Kier molecular flexibility index (Phi) is 3.45. The van der Waals surface area contributed by atoms with Gasteiger partial charge in [-0.2, -0.15) is 0 Å². The molecule has 0 saturated carbocycles. The molecule has 0 fully saturated rings. The Morgan fingerprint density at radius 1 is 0.923 bits per heavy atom. The fraction of sp³-hybridized carbons (Fsp3) is 0.130. The maximum Gasteiger partial charge on any atom is 0.120 e. The SMILES string of the molecule is COc1ccc2[nH]c3c(c2c1)Cc1cc(OCc2ccccc2)ccc1-3. The Morgan fingerprint density at radius 2 is 1.77 bits per heavy atom. The maximum absolute atomic E-state index is 5.99. The molecule has 26 heavy (non-hydrogen) atoms. The number of methoxy groups -OCH3 is 1. The van der Waals surface area contributed by atoms with Crippen LogP contribution >= 0.6 is 0 Å². The van der Waals surface area contributed by atoms with Crippen LogP contribution in [0.25, 0.3) is 22.2 Å². The van der Waals surface area contributed by atoms with Crippen molar-refractivity contribution in [2.45, 2.75) is 13.0 Å². The van der Waals surface area contributed by atoms with E-state index in [0.717, 1.165) is 23.4 Å². The molecule has 0 bridgehead atoms. The van der Waals surface area contributed by atoms with Gasteiger partial charge in [-0.3, -0.25) is 0 Å². The third-order valence-corrected chi connectivity index (χ3v) is 5.07. The molecule has 0 saturated heterocycles. The number of aromatic nitrogens is 1. The average molecular weight is 341 g/mol. The number of aromatic amines is 1. The summed E-state index contributed by atoms with van der Waals surface area (Å²) in [4.78, 5) is 3.56. The van der Waals surface area contributed by atoms with E-state index in [1.54, 1.807) is 7.11 Å². The minimum Gasteiger partial charge on any atom is -0.497 e. The van der Waals surface area contributed by atoms with Crippen LogP contribution in [-0.4, -0.2) is 12.1 Å². The van der Waals surface area contributed by atoms with Gasteiger partial charge in [-0.05, 0) is 53.1 Å². The molecule has 0 atom stereocenters. The van der Waals surface area contributed by atoms with Gasteiger partial charge in [-0.1, -0.05) is 30.3 Å². The Morgan fingerprint density at radius 3 is 2.62 bits per heavy atom. The number of fused-ring (bicyclic) bond motifs is 5.